The Labute approximate surface area is 232 Å². The average molecular weight is 548 g/mol. The van der Waals surface area contributed by atoms with E-state index in [0.29, 0.717) is 35.8 Å². The van der Waals surface area contributed by atoms with Crippen molar-refractivity contribution in [3.8, 4) is 0 Å². The summed E-state index contributed by atoms with van der Waals surface area (Å²) in [6.07, 6.45) is 6.24. The molecule has 6 N–H and O–H groups in total. The molecule has 1 aliphatic carbocycles. The number of aliphatic hydroxyl groups excluding tert-OH is 3. The van der Waals surface area contributed by atoms with Gasteiger partial charge in [0.05, 0.1) is 37.3 Å². The van der Waals surface area contributed by atoms with Crippen LogP contribution in [0.3, 0.4) is 0 Å². The number of hydrogen-bond donors (Lipinski definition) is 6. The van der Waals surface area contributed by atoms with Gasteiger partial charge in [-0.05, 0) is 43.4 Å². The van der Waals surface area contributed by atoms with E-state index >= 15 is 0 Å². The molecule has 2 aliphatic rings. The number of anilines is 2. The van der Waals surface area contributed by atoms with Crippen LogP contribution in [0.2, 0.25) is 0 Å². The number of rotatable bonds is 10. The number of nitrogens with zero attached hydrogens (tertiary/aromatic N) is 6. The van der Waals surface area contributed by atoms with Crippen molar-refractivity contribution in [3.63, 3.8) is 0 Å². The lowest BCUT2D eigenvalue weighted by molar-refractivity contribution is 0.00721. The standard InChI is InChI=1S/C28H37N9O3/c1-2-17-12-31-37(14-17)22-11-21(24(39)25(22)40)36-16-30-23-26(32-20(15-38)10-18-6-4-3-5-7-18)34-28(35-27(23)36)33-19-8-9-29-13-19/h3-7,12,14,16,19-22,24-25,29,38-40H,2,8-11,13,15H2,1H3,(H2,32,33,34,35)/t19?,20-,21+,22-,24-,25+/m0/s1. The molecule has 40 heavy (non-hydrogen) atoms. The van der Waals surface area contributed by atoms with Crippen LogP contribution in [0.5, 0.6) is 0 Å². The van der Waals surface area contributed by atoms with Crippen LogP contribution in [0.25, 0.3) is 11.2 Å². The monoisotopic (exact) mass is 547 g/mol. The van der Waals surface area contributed by atoms with Crippen molar-refractivity contribution >= 4 is 22.9 Å². The third kappa shape index (κ3) is 5.27. The van der Waals surface area contributed by atoms with Crippen LogP contribution in [-0.2, 0) is 12.8 Å². The fraction of sp³-hybridized carbons (Fsp3) is 0.500. The quantitative estimate of drug-likeness (QED) is 0.171. The minimum atomic E-state index is -1.03. The molecule has 0 amide bonds. The number of fused-ring (bicyclic) bond motifs is 1. The maximum atomic E-state index is 11.1. The number of aliphatic hydroxyl groups is 3. The molecule has 6 rings (SSSR count). The summed E-state index contributed by atoms with van der Waals surface area (Å²) in [4.78, 5) is 14.2. The zero-order valence-electron chi connectivity index (χ0n) is 22.6. The van der Waals surface area contributed by atoms with Gasteiger partial charge in [-0.15, -0.1) is 0 Å². The molecule has 212 valence electrons. The molecule has 6 atom stereocenters. The van der Waals surface area contributed by atoms with Crippen LogP contribution < -0.4 is 16.0 Å². The second-order valence-electron chi connectivity index (χ2n) is 10.8. The van der Waals surface area contributed by atoms with E-state index in [0.717, 1.165) is 37.1 Å². The molecule has 4 heterocycles. The van der Waals surface area contributed by atoms with Crippen molar-refractivity contribution in [1.82, 2.24) is 34.6 Å². The summed E-state index contributed by atoms with van der Waals surface area (Å²) < 4.78 is 3.59. The molecular weight excluding hydrogens is 510 g/mol. The summed E-state index contributed by atoms with van der Waals surface area (Å²) in [6, 6.07) is 9.06. The van der Waals surface area contributed by atoms with E-state index in [9.17, 15) is 15.3 Å². The Kier molecular flexibility index (Phi) is 7.65. The SMILES string of the molecule is CCc1cnn([C@H]2C[C@@H](n3cnc4c(N[C@H](CO)Cc5ccccc5)nc(NC5CCNC5)nc43)[C@H](O)[C@@H]2O)c1. The highest BCUT2D eigenvalue weighted by Crippen LogP contribution is 2.40. The second-order valence-corrected chi connectivity index (χ2v) is 10.8. The van der Waals surface area contributed by atoms with E-state index in [1.165, 1.54) is 0 Å². The molecule has 0 radical (unpaired) electrons. The van der Waals surface area contributed by atoms with Crippen molar-refractivity contribution in [3.05, 3.63) is 60.2 Å². The first kappa shape index (κ1) is 26.6. The van der Waals surface area contributed by atoms with Gasteiger partial charge in [-0.2, -0.15) is 15.1 Å². The van der Waals surface area contributed by atoms with Crippen molar-refractivity contribution < 1.29 is 15.3 Å². The molecule has 0 bridgehead atoms. The molecule has 0 spiro atoms. The molecule has 1 aromatic carbocycles. The zero-order chi connectivity index (χ0) is 27.6. The third-order valence-electron chi connectivity index (χ3n) is 8.08. The topological polar surface area (TPSA) is 158 Å². The first-order chi connectivity index (χ1) is 19.5. The number of aromatic nitrogens is 6. The summed E-state index contributed by atoms with van der Waals surface area (Å²) in [6.45, 7) is 3.71. The lowest BCUT2D eigenvalue weighted by atomic mass is 10.1. The van der Waals surface area contributed by atoms with E-state index in [1.54, 1.807) is 17.2 Å². The molecule has 12 heteroatoms. The van der Waals surface area contributed by atoms with Crippen molar-refractivity contribution in [1.29, 1.82) is 0 Å². The highest BCUT2D eigenvalue weighted by molar-refractivity contribution is 5.84. The van der Waals surface area contributed by atoms with Crippen molar-refractivity contribution in [2.24, 2.45) is 0 Å². The maximum Gasteiger partial charge on any atom is 0.227 e. The van der Waals surface area contributed by atoms with E-state index in [-0.39, 0.29) is 24.7 Å². The predicted octanol–water partition coefficient (Wildman–Crippen LogP) is 1.28. The zero-order valence-corrected chi connectivity index (χ0v) is 22.6. The number of hydrogen-bond acceptors (Lipinski definition) is 10. The summed E-state index contributed by atoms with van der Waals surface area (Å²) in [7, 11) is 0. The molecule has 2 fully saturated rings. The largest absolute Gasteiger partial charge is 0.394 e. The Morgan fingerprint density at radius 3 is 2.65 bits per heavy atom. The number of benzene rings is 1. The summed E-state index contributed by atoms with van der Waals surface area (Å²) in [5, 5.41) is 46.9. The van der Waals surface area contributed by atoms with Gasteiger partial charge in [-0.25, -0.2) is 4.98 Å². The van der Waals surface area contributed by atoms with E-state index in [4.69, 9.17) is 9.97 Å². The molecule has 3 aromatic heterocycles. The van der Waals surface area contributed by atoms with Gasteiger partial charge < -0.3 is 35.8 Å². The smallest absolute Gasteiger partial charge is 0.227 e. The fourth-order valence-corrected chi connectivity index (χ4v) is 5.80. The minimum absolute atomic E-state index is 0.0881. The van der Waals surface area contributed by atoms with E-state index in [2.05, 4.69) is 33.0 Å². The first-order valence-corrected chi connectivity index (χ1v) is 14.1. The molecule has 1 unspecified atom stereocenters. The highest BCUT2D eigenvalue weighted by atomic mass is 16.3. The van der Waals surface area contributed by atoms with Gasteiger partial charge in [-0.1, -0.05) is 37.3 Å². The summed E-state index contributed by atoms with van der Waals surface area (Å²) in [5.41, 5.74) is 3.26. The number of nitrogens with one attached hydrogen (secondary N) is 3. The van der Waals surface area contributed by atoms with Crippen LogP contribution in [-0.4, -0.2) is 88.6 Å². The van der Waals surface area contributed by atoms with E-state index < -0.39 is 18.2 Å². The lowest BCUT2D eigenvalue weighted by Crippen LogP contribution is -2.30. The Morgan fingerprint density at radius 2 is 1.93 bits per heavy atom. The highest BCUT2D eigenvalue weighted by Gasteiger charge is 2.44. The molecular formula is C28H37N9O3. The predicted molar refractivity (Wildman–Crippen MR) is 151 cm³/mol. The van der Waals surface area contributed by atoms with Gasteiger partial charge in [0.2, 0.25) is 5.95 Å². The van der Waals surface area contributed by atoms with Gasteiger partial charge in [0.25, 0.3) is 0 Å². The Bertz CT molecular complexity index is 1420. The van der Waals surface area contributed by atoms with Crippen LogP contribution in [0.4, 0.5) is 11.8 Å². The maximum absolute atomic E-state index is 11.1. The molecule has 1 saturated carbocycles. The first-order valence-electron chi connectivity index (χ1n) is 14.1. The molecule has 1 aliphatic heterocycles. The van der Waals surface area contributed by atoms with Gasteiger partial charge in [-0.3, -0.25) is 4.68 Å². The minimum Gasteiger partial charge on any atom is -0.394 e. The number of aryl methyl sites for hydroxylation is 1. The van der Waals surface area contributed by atoms with Gasteiger partial charge in [0.15, 0.2) is 17.0 Å². The molecule has 1 saturated heterocycles. The average Bonchev–Trinajstić information content (AvgIpc) is 3.78. The Hall–Kier alpha value is -3.58. The van der Waals surface area contributed by atoms with Gasteiger partial charge >= 0.3 is 0 Å². The second kappa shape index (κ2) is 11.5. The summed E-state index contributed by atoms with van der Waals surface area (Å²) in [5.74, 6) is 0.961. The third-order valence-corrected chi connectivity index (χ3v) is 8.08. The van der Waals surface area contributed by atoms with Gasteiger partial charge in [0, 0.05) is 18.8 Å². The van der Waals surface area contributed by atoms with Crippen molar-refractivity contribution in [2.75, 3.05) is 30.3 Å². The van der Waals surface area contributed by atoms with E-state index in [1.807, 2.05) is 41.1 Å². The van der Waals surface area contributed by atoms with Gasteiger partial charge in [0.1, 0.15) is 12.2 Å². The van der Waals surface area contributed by atoms with Crippen molar-refractivity contribution in [2.45, 2.75) is 69.0 Å². The lowest BCUT2D eigenvalue weighted by Gasteiger charge is -2.20. The molecule has 12 nitrogen and oxygen atoms in total. The van der Waals surface area contributed by atoms with Crippen LogP contribution in [0.1, 0.15) is 43.0 Å². The summed E-state index contributed by atoms with van der Waals surface area (Å²) >= 11 is 0. The van der Waals surface area contributed by atoms with Crippen LogP contribution in [0.15, 0.2) is 49.1 Å². The normalized spacial score (nSPS) is 25.4. The fourth-order valence-electron chi connectivity index (χ4n) is 5.80. The Morgan fingerprint density at radius 1 is 1.10 bits per heavy atom. The molecule has 4 aromatic rings. The van der Waals surface area contributed by atoms with Crippen LogP contribution in [0, 0.1) is 0 Å². The number of imidazole rings is 1. The van der Waals surface area contributed by atoms with Crippen LogP contribution >= 0.6 is 0 Å². The Balaban J connectivity index is 1.33.